The first-order chi connectivity index (χ1) is 12.1. The molecule has 5 heteroatoms. The smallest absolute Gasteiger partial charge is 0.261 e. The first kappa shape index (κ1) is 15.1. The van der Waals surface area contributed by atoms with Crippen LogP contribution >= 0.6 is 0 Å². The number of anilines is 1. The van der Waals surface area contributed by atoms with E-state index in [0.29, 0.717) is 11.3 Å². The molecular weight excluding hydrogens is 319 g/mol. The van der Waals surface area contributed by atoms with Crippen LogP contribution in [0.3, 0.4) is 0 Å². The lowest BCUT2D eigenvalue weighted by Gasteiger charge is -2.08. The van der Waals surface area contributed by atoms with Gasteiger partial charge in [0.2, 0.25) is 5.55 Å². The van der Waals surface area contributed by atoms with E-state index in [0.717, 1.165) is 16.2 Å². The van der Waals surface area contributed by atoms with Crippen molar-refractivity contribution in [2.45, 2.75) is 0 Å². The van der Waals surface area contributed by atoms with Gasteiger partial charge in [0.25, 0.3) is 5.91 Å². The van der Waals surface area contributed by atoms with Crippen LogP contribution in [0.2, 0.25) is 0 Å². The highest BCUT2D eigenvalue weighted by Gasteiger charge is 2.13. The third kappa shape index (κ3) is 2.76. The summed E-state index contributed by atoms with van der Waals surface area (Å²) >= 11 is 0. The largest absolute Gasteiger partial charge is 0.438 e. The number of benzene rings is 3. The van der Waals surface area contributed by atoms with Crippen LogP contribution in [0.5, 0.6) is 0 Å². The van der Waals surface area contributed by atoms with Gasteiger partial charge in [0.15, 0.2) is 0 Å². The Morgan fingerprint density at radius 2 is 1.72 bits per heavy atom. The van der Waals surface area contributed by atoms with Gasteiger partial charge in [0.05, 0.1) is 0 Å². The molecule has 2 N–H and O–H groups in total. The number of hydrogen-bond donors (Lipinski definition) is 2. The average Bonchev–Trinajstić information content (AvgIpc) is 2.62. The molecule has 0 bridgehead atoms. The van der Waals surface area contributed by atoms with Gasteiger partial charge < -0.3 is 9.73 Å². The van der Waals surface area contributed by atoms with Crippen LogP contribution in [0.4, 0.5) is 10.1 Å². The van der Waals surface area contributed by atoms with Gasteiger partial charge in [-0.05, 0) is 47.2 Å². The quantitative estimate of drug-likeness (QED) is 0.532. The van der Waals surface area contributed by atoms with Crippen LogP contribution < -0.4 is 10.9 Å². The molecule has 0 radical (unpaired) electrons. The second-order valence-corrected chi connectivity index (χ2v) is 5.65. The molecule has 1 heterocycles. The van der Waals surface area contributed by atoms with Crippen molar-refractivity contribution >= 4 is 33.3 Å². The highest BCUT2D eigenvalue weighted by molar-refractivity contribution is 6.10. The molecule has 4 aromatic rings. The van der Waals surface area contributed by atoms with Crippen molar-refractivity contribution in [1.29, 1.82) is 5.41 Å². The van der Waals surface area contributed by atoms with E-state index < -0.39 is 5.91 Å². The zero-order valence-electron chi connectivity index (χ0n) is 13.0. The Kier molecular flexibility index (Phi) is 3.54. The van der Waals surface area contributed by atoms with E-state index >= 15 is 0 Å². The molecule has 0 spiro atoms. The number of halogens is 1. The molecule has 0 fully saturated rings. The summed E-state index contributed by atoms with van der Waals surface area (Å²) in [5.74, 6) is -0.860. The maximum Gasteiger partial charge on any atom is 0.261 e. The Hall–Kier alpha value is -3.47. The fourth-order valence-electron chi connectivity index (χ4n) is 2.79. The maximum absolute atomic E-state index is 13.0. The molecule has 0 saturated heterocycles. The van der Waals surface area contributed by atoms with Gasteiger partial charge in [-0.2, -0.15) is 0 Å². The summed E-state index contributed by atoms with van der Waals surface area (Å²) in [6, 6.07) is 18.6. The SMILES string of the molecule is N=c1oc2ccc3ccccc3c2cc1C(=O)Nc1ccc(F)cc1. The molecule has 122 valence electrons. The van der Waals surface area contributed by atoms with Crippen LogP contribution in [0.15, 0.2) is 71.1 Å². The van der Waals surface area contributed by atoms with Crippen molar-refractivity contribution < 1.29 is 13.6 Å². The first-order valence-corrected chi connectivity index (χ1v) is 7.69. The summed E-state index contributed by atoms with van der Waals surface area (Å²) in [7, 11) is 0. The minimum Gasteiger partial charge on any atom is -0.438 e. The van der Waals surface area contributed by atoms with Crippen molar-refractivity contribution in [3.63, 3.8) is 0 Å². The Morgan fingerprint density at radius 1 is 0.960 bits per heavy atom. The summed E-state index contributed by atoms with van der Waals surface area (Å²) in [5.41, 5.74) is 0.890. The van der Waals surface area contributed by atoms with E-state index in [1.165, 1.54) is 24.3 Å². The normalized spacial score (nSPS) is 10.9. The van der Waals surface area contributed by atoms with Crippen molar-refractivity contribution in [3.8, 4) is 0 Å². The van der Waals surface area contributed by atoms with Gasteiger partial charge in [-0.25, -0.2) is 4.39 Å². The molecule has 0 unspecified atom stereocenters. The summed E-state index contributed by atoms with van der Waals surface area (Å²) in [6.45, 7) is 0. The molecule has 0 aliphatic heterocycles. The number of rotatable bonds is 2. The van der Waals surface area contributed by atoms with Gasteiger partial charge in [-0.1, -0.05) is 30.3 Å². The zero-order valence-corrected chi connectivity index (χ0v) is 13.0. The Labute approximate surface area is 142 Å². The topological polar surface area (TPSA) is 66.1 Å². The van der Waals surface area contributed by atoms with Gasteiger partial charge in [0, 0.05) is 11.1 Å². The monoisotopic (exact) mass is 332 g/mol. The standard InChI is InChI=1S/C20H13FN2O2/c21-13-6-8-14(9-7-13)23-20(24)17-11-16-15-4-2-1-3-12(15)5-10-18(16)25-19(17)22/h1-11,22H,(H,23,24). The van der Waals surface area contributed by atoms with Gasteiger partial charge in [-0.3, -0.25) is 10.2 Å². The fourth-order valence-corrected chi connectivity index (χ4v) is 2.79. The average molecular weight is 332 g/mol. The highest BCUT2D eigenvalue weighted by atomic mass is 19.1. The van der Waals surface area contributed by atoms with E-state index in [1.807, 2.05) is 30.3 Å². The Balaban J connectivity index is 1.82. The minimum atomic E-state index is -0.477. The van der Waals surface area contributed by atoms with E-state index in [4.69, 9.17) is 9.83 Å². The van der Waals surface area contributed by atoms with E-state index in [-0.39, 0.29) is 16.9 Å². The van der Waals surface area contributed by atoms with Crippen LogP contribution in [0.25, 0.3) is 21.7 Å². The third-order valence-electron chi connectivity index (χ3n) is 4.02. The van der Waals surface area contributed by atoms with Crippen molar-refractivity contribution in [2.24, 2.45) is 0 Å². The molecular formula is C20H13FN2O2. The van der Waals surface area contributed by atoms with E-state index in [9.17, 15) is 9.18 Å². The Bertz CT molecular complexity index is 1160. The van der Waals surface area contributed by atoms with Gasteiger partial charge in [0.1, 0.15) is 17.0 Å². The molecule has 0 aliphatic rings. The van der Waals surface area contributed by atoms with Crippen molar-refractivity contribution in [1.82, 2.24) is 0 Å². The highest BCUT2D eigenvalue weighted by Crippen LogP contribution is 2.25. The lowest BCUT2D eigenvalue weighted by molar-refractivity contribution is 0.102. The molecule has 1 amide bonds. The first-order valence-electron chi connectivity index (χ1n) is 7.69. The van der Waals surface area contributed by atoms with Crippen molar-refractivity contribution in [2.75, 3.05) is 5.32 Å². The summed E-state index contributed by atoms with van der Waals surface area (Å²) in [5, 5.41) is 13.4. The van der Waals surface area contributed by atoms with E-state index in [2.05, 4.69) is 5.32 Å². The molecule has 0 aliphatic carbocycles. The third-order valence-corrected chi connectivity index (χ3v) is 4.02. The summed E-state index contributed by atoms with van der Waals surface area (Å²) in [6.07, 6.45) is 0. The van der Waals surface area contributed by atoms with Gasteiger partial charge in [-0.15, -0.1) is 0 Å². The van der Waals surface area contributed by atoms with Crippen LogP contribution in [0.1, 0.15) is 10.4 Å². The molecule has 0 saturated carbocycles. The maximum atomic E-state index is 13.0. The number of carbonyl (C=O) groups is 1. The minimum absolute atomic E-state index is 0.119. The molecule has 0 atom stereocenters. The fraction of sp³-hybridized carbons (Fsp3) is 0. The van der Waals surface area contributed by atoms with Gasteiger partial charge >= 0.3 is 0 Å². The summed E-state index contributed by atoms with van der Waals surface area (Å²) < 4.78 is 18.5. The molecule has 4 rings (SSSR count). The molecule has 3 aromatic carbocycles. The summed E-state index contributed by atoms with van der Waals surface area (Å²) in [4.78, 5) is 12.5. The van der Waals surface area contributed by atoms with Crippen molar-refractivity contribution in [3.05, 3.63) is 83.7 Å². The number of nitrogens with one attached hydrogen (secondary N) is 2. The number of amides is 1. The van der Waals surface area contributed by atoms with Crippen LogP contribution in [-0.2, 0) is 0 Å². The number of hydrogen-bond acceptors (Lipinski definition) is 3. The number of carbonyl (C=O) groups excluding carboxylic acids is 1. The second-order valence-electron chi connectivity index (χ2n) is 5.65. The predicted octanol–water partition coefficient (Wildman–Crippen LogP) is 4.46. The predicted molar refractivity (Wildman–Crippen MR) is 93.9 cm³/mol. The lowest BCUT2D eigenvalue weighted by Crippen LogP contribution is -2.20. The van der Waals surface area contributed by atoms with Crippen LogP contribution in [0, 0.1) is 11.2 Å². The number of fused-ring (bicyclic) bond motifs is 3. The van der Waals surface area contributed by atoms with E-state index in [1.54, 1.807) is 12.1 Å². The lowest BCUT2D eigenvalue weighted by atomic mass is 10.0. The second kappa shape index (κ2) is 5.87. The Morgan fingerprint density at radius 3 is 2.52 bits per heavy atom. The van der Waals surface area contributed by atoms with Crippen LogP contribution in [-0.4, -0.2) is 5.91 Å². The molecule has 25 heavy (non-hydrogen) atoms. The molecule has 4 nitrogen and oxygen atoms in total. The molecule has 1 aromatic heterocycles. The zero-order chi connectivity index (χ0) is 17.4.